The SMILES string of the molecule is CCCC(C(=O)OCC)c1ccc(OC)c(OC)c1. The van der Waals surface area contributed by atoms with Gasteiger partial charge in [-0.15, -0.1) is 0 Å². The summed E-state index contributed by atoms with van der Waals surface area (Å²) in [4.78, 5) is 12.0. The molecular formula is C15H22O4. The lowest BCUT2D eigenvalue weighted by Gasteiger charge is -2.17. The lowest BCUT2D eigenvalue weighted by Crippen LogP contribution is -2.16. The van der Waals surface area contributed by atoms with Crippen molar-refractivity contribution in [3.05, 3.63) is 23.8 Å². The number of benzene rings is 1. The van der Waals surface area contributed by atoms with Crippen molar-refractivity contribution in [2.75, 3.05) is 20.8 Å². The molecule has 0 aromatic heterocycles. The van der Waals surface area contributed by atoms with Gasteiger partial charge in [0.1, 0.15) is 0 Å². The van der Waals surface area contributed by atoms with Crippen LogP contribution in [0.15, 0.2) is 18.2 Å². The van der Waals surface area contributed by atoms with Gasteiger partial charge in [0.05, 0.1) is 26.7 Å². The highest BCUT2D eigenvalue weighted by Gasteiger charge is 2.22. The van der Waals surface area contributed by atoms with E-state index in [1.807, 2.05) is 32.0 Å². The third-order valence-electron chi connectivity index (χ3n) is 2.96. The van der Waals surface area contributed by atoms with Crippen molar-refractivity contribution in [1.29, 1.82) is 0 Å². The molecule has 0 fully saturated rings. The number of rotatable bonds is 7. The monoisotopic (exact) mass is 266 g/mol. The molecular weight excluding hydrogens is 244 g/mol. The first-order valence-electron chi connectivity index (χ1n) is 6.56. The number of carbonyl (C=O) groups is 1. The van der Waals surface area contributed by atoms with E-state index in [4.69, 9.17) is 14.2 Å². The molecule has 4 nitrogen and oxygen atoms in total. The Morgan fingerprint density at radius 3 is 2.37 bits per heavy atom. The van der Waals surface area contributed by atoms with E-state index in [-0.39, 0.29) is 11.9 Å². The van der Waals surface area contributed by atoms with E-state index in [2.05, 4.69) is 0 Å². The molecule has 4 heteroatoms. The fourth-order valence-electron chi connectivity index (χ4n) is 2.02. The van der Waals surface area contributed by atoms with Gasteiger partial charge in [-0.3, -0.25) is 4.79 Å². The van der Waals surface area contributed by atoms with Gasteiger partial charge in [-0.2, -0.15) is 0 Å². The summed E-state index contributed by atoms with van der Waals surface area (Å²) in [6.45, 7) is 4.26. The summed E-state index contributed by atoms with van der Waals surface area (Å²) in [6.07, 6.45) is 1.67. The van der Waals surface area contributed by atoms with Crippen molar-refractivity contribution in [3.63, 3.8) is 0 Å². The predicted octanol–water partition coefficient (Wildman–Crippen LogP) is 3.15. The van der Waals surface area contributed by atoms with Gasteiger partial charge in [0.15, 0.2) is 11.5 Å². The molecule has 19 heavy (non-hydrogen) atoms. The highest BCUT2D eigenvalue weighted by molar-refractivity contribution is 5.78. The number of esters is 1. The van der Waals surface area contributed by atoms with E-state index in [1.54, 1.807) is 14.2 Å². The standard InChI is InChI=1S/C15H22O4/c1-5-7-12(15(16)19-6-2)11-8-9-13(17-3)14(10-11)18-4/h8-10,12H,5-7H2,1-4H3. The fraction of sp³-hybridized carbons (Fsp3) is 0.533. The molecule has 1 rings (SSSR count). The van der Waals surface area contributed by atoms with E-state index in [1.165, 1.54) is 0 Å². The quantitative estimate of drug-likeness (QED) is 0.711. The Bertz CT molecular complexity index is 415. The van der Waals surface area contributed by atoms with Gasteiger partial charge in [0, 0.05) is 0 Å². The van der Waals surface area contributed by atoms with Crippen LogP contribution in [0.4, 0.5) is 0 Å². The number of ether oxygens (including phenoxy) is 3. The molecule has 0 aliphatic rings. The molecule has 0 amide bonds. The first-order valence-corrected chi connectivity index (χ1v) is 6.56. The van der Waals surface area contributed by atoms with Crippen molar-refractivity contribution in [1.82, 2.24) is 0 Å². The molecule has 0 saturated heterocycles. The van der Waals surface area contributed by atoms with E-state index >= 15 is 0 Å². The molecule has 0 aliphatic carbocycles. The molecule has 0 aliphatic heterocycles. The minimum absolute atomic E-state index is 0.184. The summed E-state index contributed by atoms with van der Waals surface area (Å²) in [6, 6.07) is 5.55. The average molecular weight is 266 g/mol. The van der Waals surface area contributed by atoms with Crippen molar-refractivity contribution in [3.8, 4) is 11.5 Å². The van der Waals surface area contributed by atoms with Crippen LogP contribution in [-0.2, 0) is 9.53 Å². The Labute approximate surface area is 114 Å². The smallest absolute Gasteiger partial charge is 0.313 e. The van der Waals surface area contributed by atoms with Crippen LogP contribution in [-0.4, -0.2) is 26.8 Å². The molecule has 106 valence electrons. The van der Waals surface area contributed by atoms with Crippen molar-refractivity contribution in [2.24, 2.45) is 0 Å². The maximum absolute atomic E-state index is 12.0. The molecule has 0 spiro atoms. The largest absolute Gasteiger partial charge is 0.493 e. The molecule has 0 bridgehead atoms. The van der Waals surface area contributed by atoms with Crippen molar-refractivity contribution in [2.45, 2.75) is 32.6 Å². The van der Waals surface area contributed by atoms with E-state index in [0.29, 0.717) is 18.1 Å². The minimum atomic E-state index is -0.246. The van der Waals surface area contributed by atoms with Crippen LogP contribution >= 0.6 is 0 Å². The zero-order valence-corrected chi connectivity index (χ0v) is 12.1. The first-order chi connectivity index (χ1) is 9.17. The number of methoxy groups -OCH3 is 2. The second-order valence-electron chi connectivity index (χ2n) is 4.21. The molecule has 1 aromatic rings. The summed E-state index contributed by atoms with van der Waals surface area (Å²) >= 11 is 0. The maximum Gasteiger partial charge on any atom is 0.313 e. The van der Waals surface area contributed by atoms with Gasteiger partial charge in [0.2, 0.25) is 0 Å². The van der Waals surface area contributed by atoms with Gasteiger partial charge in [-0.25, -0.2) is 0 Å². The number of carbonyl (C=O) groups excluding carboxylic acids is 1. The third-order valence-corrected chi connectivity index (χ3v) is 2.96. The van der Waals surface area contributed by atoms with E-state index in [9.17, 15) is 4.79 Å². The molecule has 0 saturated carbocycles. The van der Waals surface area contributed by atoms with Gasteiger partial charge in [0.25, 0.3) is 0 Å². The Morgan fingerprint density at radius 1 is 1.16 bits per heavy atom. The van der Waals surface area contributed by atoms with Crippen LogP contribution in [0.1, 0.15) is 38.2 Å². The highest BCUT2D eigenvalue weighted by atomic mass is 16.5. The summed E-state index contributed by atoms with van der Waals surface area (Å²) in [5.41, 5.74) is 0.901. The van der Waals surface area contributed by atoms with Gasteiger partial charge >= 0.3 is 5.97 Å². The maximum atomic E-state index is 12.0. The van der Waals surface area contributed by atoms with Gasteiger partial charge in [-0.1, -0.05) is 19.4 Å². The second-order valence-corrected chi connectivity index (χ2v) is 4.21. The lowest BCUT2D eigenvalue weighted by atomic mass is 9.94. The lowest BCUT2D eigenvalue weighted by molar-refractivity contribution is -0.145. The van der Waals surface area contributed by atoms with Crippen LogP contribution in [0.5, 0.6) is 11.5 Å². The van der Waals surface area contributed by atoms with E-state index in [0.717, 1.165) is 18.4 Å². The predicted molar refractivity (Wildman–Crippen MR) is 73.8 cm³/mol. The Kier molecular flexibility index (Phi) is 6.19. The molecule has 1 atom stereocenters. The number of hydrogen-bond donors (Lipinski definition) is 0. The average Bonchev–Trinajstić information content (AvgIpc) is 2.44. The number of hydrogen-bond acceptors (Lipinski definition) is 4. The van der Waals surface area contributed by atoms with Gasteiger partial charge in [-0.05, 0) is 31.0 Å². The molecule has 0 N–H and O–H groups in total. The highest BCUT2D eigenvalue weighted by Crippen LogP contribution is 2.32. The van der Waals surface area contributed by atoms with Crippen LogP contribution in [0.3, 0.4) is 0 Å². The normalized spacial score (nSPS) is 11.8. The Balaban J connectivity index is 3.05. The third kappa shape index (κ3) is 3.88. The fourth-order valence-corrected chi connectivity index (χ4v) is 2.02. The van der Waals surface area contributed by atoms with Gasteiger partial charge < -0.3 is 14.2 Å². The summed E-state index contributed by atoms with van der Waals surface area (Å²) < 4.78 is 15.6. The molecule has 0 heterocycles. The Morgan fingerprint density at radius 2 is 1.84 bits per heavy atom. The van der Waals surface area contributed by atoms with Crippen molar-refractivity contribution < 1.29 is 19.0 Å². The summed E-state index contributed by atoms with van der Waals surface area (Å²) in [5, 5.41) is 0. The zero-order valence-electron chi connectivity index (χ0n) is 12.1. The van der Waals surface area contributed by atoms with Crippen LogP contribution < -0.4 is 9.47 Å². The van der Waals surface area contributed by atoms with Crippen LogP contribution in [0, 0.1) is 0 Å². The first kappa shape index (κ1) is 15.3. The van der Waals surface area contributed by atoms with Crippen LogP contribution in [0.2, 0.25) is 0 Å². The molecule has 1 unspecified atom stereocenters. The minimum Gasteiger partial charge on any atom is -0.493 e. The van der Waals surface area contributed by atoms with E-state index < -0.39 is 0 Å². The topological polar surface area (TPSA) is 44.8 Å². The summed E-state index contributed by atoms with van der Waals surface area (Å²) in [7, 11) is 3.17. The Hall–Kier alpha value is -1.71. The zero-order chi connectivity index (χ0) is 14.3. The van der Waals surface area contributed by atoms with Crippen LogP contribution in [0.25, 0.3) is 0 Å². The second kappa shape index (κ2) is 7.67. The summed E-state index contributed by atoms with van der Waals surface area (Å²) in [5.74, 6) is 0.858. The molecule has 0 radical (unpaired) electrons. The molecule has 1 aromatic carbocycles. The van der Waals surface area contributed by atoms with Crippen molar-refractivity contribution >= 4 is 5.97 Å².